The molecule has 1 unspecified atom stereocenters. The fourth-order valence-electron chi connectivity index (χ4n) is 1.11. The van der Waals surface area contributed by atoms with Crippen LogP contribution in [0.15, 0.2) is 18.3 Å². The largest absolute Gasteiger partial charge is 0.459 e. The van der Waals surface area contributed by atoms with Gasteiger partial charge in [-0.05, 0) is 24.8 Å². The van der Waals surface area contributed by atoms with Crippen LogP contribution in [0.4, 0.5) is 22.0 Å². The van der Waals surface area contributed by atoms with Crippen LogP contribution in [-0.4, -0.2) is 17.4 Å². The highest BCUT2D eigenvalue weighted by Crippen LogP contribution is 2.43. The molecule has 0 aliphatic heterocycles. The number of hydrogen-bond acceptors (Lipinski definition) is 4. The summed E-state index contributed by atoms with van der Waals surface area (Å²) in [5.74, 6) is -4.91. The Kier molecular flexibility index (Phi) is 6.72. The number of aromatic nitrogens is 1. The monoisotopic (exact) mass is 313 g/mol. The molecule has 2 N–H and O–H groups in total. The van der Waals surface area contributed by atoms with Crippen LogP contribution in [0.25, 0.3) is 0 Å². The van der Waals surface area contributed by atoms with E-state index in [1.807, 2.05) is 13.2 Å². The number of thioether (sulfide) groups is 1. The number of hydrogen-bond donors (Lipinski definition) is 1. The molecule has 0 aliphatic rings. The second kappa shape index (κ2) is 7.28. The van der Waals surface area contributed by atoms with E-state index in [9.17, 15) is 22.0 Å². The van der Waals surface area contributed by atoms with E-state index in [1.54, 1.807) is 0 Å². The highest BCUT2D eigenvalue weighted by atomic mass is 32.2. The van der Waals surface area contributed by atoms with Crippen molar-refractivity contribution in [3.63, 3.8) is 0 Å². The van der Waals surface area contributed by atoms with Gasteiger partial charge in [-0.3, -0.25) is 4.98 Å². The minimum atomic E-state index is -5.62. The smallest absolute Gasteiger partial charge is 0.337 e. The molecule has 20 heavy (non-hydrogen) atoms. The maximum atomic E-state index is 12.9. The van der Waals surface area contributed by atoms with Gasteiger partial charge in [-0.25, -0.2) is 0 Å². The van der Waals surface area contributed by atoms with Gasteiger partial charge in [-0.1, -0.05) is 6.07 Å². The van der Waals surface area contributed by atoms with Crippen molar-refractivity contribution in [1.29, 1.82) is 5.26 Å². The first kappa shape index (κ1) is 18.4. The first-order valence-electron chi connectivity index (χ1n) is 5.15. The molecule has 0 amide bonds. The summed E-state index contributed by atoms with van der Waals surface area (Å²) >= 11 is 1.45. The highest BCUT2D eigenvalue weighted by Gasteiger charge is 2.59. The lowest BCUT2D eigenvalue weighted by Crippen LogP contribution is -2.34. The van der Waals surface area contributed by atoms with Crippen molar-refractivity contribution in [1.82, 2.24) is 4.98 Å². The number of nitrogens with zero attached hydrogens (tertiary/aromatic N) is 2. The second-order valence-corrected chi connectivity index (χ2v) is 4.73. The van der Waals surface area contributed by atoms with Crippen molar-refractivity contribution < 1.29 is 22.0 Å². The first-order chi connectivity index (χ1) is 9.11. The van der Waals surface area contributed by atoms with Gasteiger partial charge in [0.05, 0.1) is 0 Å². The Morgan fingerprint density at radius 2 is 1.80 bits per heavy atom. The Labute approximate surface area is 117 Å². The molecule has 1 aromatic heterocycles. The summed E-state index contributed by atoms with van der Waals surface area (Å²) in [5, 5.41) is 7.09. The third-order valence-electron chi connectivity index (χ3n) is 2.29. The summed E-state index contributed by atoms with van der Waals surface area (Å²) in [4.78, 5) is 3.20. The quantitative estimate of drug-likeness (QED) is 0.526. The van der Waals surface area contributed by atoms with Crippen molar-refractivity contribution >= 4 is 11.8 Å². The third kappa shape index (κ3) is 4.52. The Hall–Kier alpha value is -1.56. The van der Waals surface area contributed by atoms with Crippen molar-refractivity contribution in [2.24, 2.45) is 5.73 Å². The van der Waals surface area contributed by atoms with Crippen molar-refractivity contribution in [2.45, 2.75) is 24.3 Å². The number of pyridine rings is 1. The van der Waals surface area contributed by atoms with E-state index in [4.69, 9.17) is 5.26 Å². The van der Waals surface area contributed by atoms with Gasteiger partial charge >= 0.3 is 12.1 Å². The molecule has 112 valence electrons. The van der Waals surface area contributed by atoms with Gasteiger partial charge in [-0.15, -0.1) is 0 Å². The van der Waals surface area contributed by atoms with E-state index in [-0.39, 0.29) is 5.25 Å². The topological polar surface area (TPSA) is 62.7 Å². The van der Waals surface area contributed by atoms with E-state index in [0.29, 0.717) is 5.56 Å². The number of nitriles is 1. The van der Waals surface area contributed by atoms with Crippen molar-refractivity contribution in [3.05, 3.63) is 29.6 Å². The lowest BCUT2D eigenvalue weighted by atomic mass is 10.1. The number of halogens is 5. The van der Waals surface area contributed by atoms with Gasteiger partial charge in [0.2, 0.25) is 0 Å². The molecule has 1 atom stereocenters. The number of alkyl halides is 5. The maximum Gasteiger partial charge on any atom is 0.459 e. The minimum absolute atomic E-state index is 0.00365. The number of rotatable bonds is 3. The van der Waals surface area contributed by atoms with E-state index in [0.717, 1.165) is 12.3 Å². The summed E-state index contributed by atoms with van der Waals surface area (Å²) < 4.78 is 61.9. The average molecular weight is 313 g/mol. The lowest BCUT2D eigenvalue weighted by molar-refractivity contribution is -0.290. The van der Waals surface area contributed by atoms with Gasteiger partial charge in [-0.2, -0.15) is 39.0 Å². The van der Waals surface area contributed by atoms with Gasteiger partial charge in [0.25, 0.3) is 0 Å². The Morgan fingerprint density at radius 1 is 1.30 bits per heavy atom. The molecule has 0 aromatic carbocycles. The zero-order valence-electron chi connectivity index (χ0n) is 10.6. The fraction of sp³-hybridized carbons (Fsp3) is 0.455. The van der Waals surface area contributed by atoms with Crippen LogP contribution in [0.1, 0.15) is 23.4 Å². The van der Waals surface area contributed by atoms with Crippen LogP contribution in [0.2, 0.25) is 0 Å². The van der Waals surface area contributed by atoms with Gasteiger partial charge in [0.1, 0.15) is 5.69 Å². The molecule has 0 radical (unpaired) electrons. The molecule has 0 fully saturated rings. The van der Waals surface area contributed by atoms with Crippen LogP contribution in [0, 0.1) is 11.5 Å². The predicted octanol–water partition coefficient (Wildman–Crippen LogP) is 3.59. The Balaban J connectivity index is 0.00000110. The van der Waals surface area contributed by atoms with E-state index < -0.39 is 17.8 Å². The zero-order chi connectivity index (χ0) is 16.0. The average Bonchev–Trinajstić information content (AvgIpc) is 2.37. The van der Waals surface area contributed by atoms with E-state index in [1.165, 1.54) is 24.0 Å². The maximum absolute atomic E-state index is 12.9. The predicted molar refractivity (Wildman–Crippen MR) is 65.9 cm³/mol. The molecule has 0 aliphatic carbocycles. The van der Waals surface area contributed by atoms with Crippen LogP contribution >= 0.6 is 11.8 Å². The van der Waals surface area contributed by atoms with E-state index >= 15 is 0 Å². The molecule has 9 heteroatoms. The van der Waals surface area contributed by atoms with Crippen LogP contribution in [0.5, 0.6) is 0 Å². The van der Waals surface area contributed by atoms with E-state index in [2.05, 4.69) is 10.7 Å². The summed E-state index contributed by atoms with van der Waals surface area (Å²) in [6.07, 6.45) is -1.51. The number of nitrogens with two attached hydrogens (primary N) is 1. The standard InChI is InChI=1S/C10H10F5NS.CH2N2/c1-6(17-2)7-3-4-8(16-5-7)9(11,12)10(13,14)15;2-1-3/h3-6H,1-2H3;2H2. The summed E-state index contributed by atoms with van der Waals surface area (Å²) in [7, 11) is 0. The summed E-state index contributed by atoms with van der Waals surface area (Å²) in [5.41, 5.74) is 3.49. The van der Waals surface area contributed by atoms with Gasteiger partial charge in [0.15, 0.2) is 6.19 Å². The molecule has 0 saturated heterocycles. The highest BCUT2D eigenvalue weighted by molar-refractivity contribution is 7.98. The minimum Gasteiger partial charge on any atom is -0.337 e. The van der Waals surface area contributed by atoms with Crippen LogP contribution in [-0.2, 0) is 5.92 Å². The normalized spacial score (nSPS) is 12.9. The summed E-state index contributed by atoms with van der Waals surface area (Å²) in [6, 6.07) is 1.96. The van der Waals surface area contributed by atoms with Crippen molar-refractivity contribution in [2.75, 3.05) is 6.26 Å². The van der Waals surface area contributed by atoms with Crippen molar-refractivity contribution in [3.8, 4) is 6.19 Å². The Morgan fingerprint density at radius 3 is 2.10 bits per heavy atom. The molecule has 0 bridgehead atoms. The molecular formula is C11H12F5N3S. The molecule has 1 rings (SSSR count). The molecular weight excluding hydrogens is 301 g/mol. The molecule has 3 nitrogen and oxygen atoms in total. The third-order valence-corrected chi connectivity index (χ3v) is 3.27. The SMILES string of the molecule is CSC(C)c1ccc(C(F)(F)C(F)(F)F)nc1.N#CN. The van der Waals surface area contributed by atoms with Gasteiger partial charge in [0, 0.05) is 11.4 Å². The summed E-state index contributed by atoms with van der Waals surface area (Å²) in [6.45, 7) is 1.81. The lowest BCUT2D eigenvalue weighted by Gasteiger charge is -2.19. The van der Waals surface area contributed by atoms with Gasteiger partial charge < -0.3 is 5.73 Å². The Bertz CT molecular complexity index is 453. The molecule has 0 saturated carbocycles. The molecule has 1 aromatic rings. The molecule has 0 spiro atoms. The van der Waals surface area contributed by atoms with Crippen LogP contribution < -0.4 is 5.73 Å². The van der Waals surface area contributed by atoms with Crippen LogP contribution in [0.3, 0.4) is 0 Å². The second-order valence-electron chi connectivity index (χ2n) is 3.56. The zero-order valence-corrected chi connectivity index (χ0v) is 11.4. The first-order valence-corrected chi connectivity index (χ1v) is 6.44. The fourth-order valence-corrected chi connectivity index (χ4v) is 1.52. The molecule has 1 heterocycles.